The molecule has 0 saturated carbocycles. The Morgan fingerprint density at radius 3 is 2.47 bits per heavy atom. The second kappa shape index (κ2) is 4.22. The highest BCUT2D eigenvalue weighted by molar-refractivity contribution is 5.42. The largest absolute Gasteiger partial charge is 0.480 e. The van der Waals surface area contributed by atoms with Crippen molar-refractivity contribution in [1.82, 2.24) is 0 Å². The molecule has 1 aromatic rings. The van der Waals surface area contributed by atoms with Crippen molar-refractivity contribution in [3.8, 4) is 11.8 Å². The third kappa shape index (κ3) is 2.88. The summed E-state index contributed by atoms with van der Waals surface area (Å²) in [6.07, 6.45) is -6.35. The molecule has 1 rings (SSSR count). The average Bonchev–Trinajstić information content (AvgIpc) is 2.17. The molecule has 0 bridgehead atoms. The molecule has 0 N–H and O–H groups in total. The Hall–Kier alpha value is -1.70. The van der Waals surface area contributed by atoms with Crippen LogP contribution in [0.1, 0.15) is 12.5 Å². The van der Waals surface area contributed by atoms with E-state index in [1.165, 1.54) is 18.2 Å². The third-order valence-corrected chi connectivity index (χ3v) is 1.77. The van der Waals surface area contributed by atoms with E-state index in [0.717, 1.165) is 6.92 Å². The number of benzene rings is 1. The van der Waals surface area contributed by atoms with E-state index in [9.17, 15) is 13.2 Å². The van der Waals surface area contributed by atoms with E-state index in [1.807, 2.05) is 0 Å². The van der Waals surface area contributed by atoms with Gasteiger partial charge in [-0.25, -0.2) is 0 Å². The topological polar surface area (TPSA) is 33.0 Å². The van der Waals surface area contributed by atoms with Gasteiger partial charge in [0.15, 0.2) is 6.10 Å². The fourth-order valence-electron chi connectivity index (χ4n) is 0.919. The summed E-state index contributed by atoms with van der Waals surface area (Å²) in [6, 6.07) is 7.57. The van der Waals surface area contributed by atoms with Crippen molar-refractivity contribution in [1.29, 1.82) is 5.26 Å². The molecule has 0 radical (unpaired) electrons. The van der Waals surface area contributed by atoms with Gasteiger partial charge < -0.3 is 4.74 Å². The van der Waals surface area contributed by atoms with Gasteiger partial charge in [0, 0.05) is 0 Å². The lowest BCUT2D eigenvalue weighted by molar-refractivity contribution is -0.189. The van der Waals surface area contributed by atoms with E-state index in [4.69, 9.17) is 5.26 Å². The van der Waals surface area contributed by atoms with Gasteiger partial charge >= 0.3 is 6.18 Å². The highest BCUT2D eigenvalue weighted by atomic mass is 19.4. The molecule has 0 unspecified atom stereocenters. The smallest absolute Gasteiger partial charge is 0.425 e. The standard InChI is InChI=1S/C10H8F3NO/c1-7(10(11,12)13)15-9-5-3-2-4-8(9)6-14/h2-5,7H,1H3/t7-/m1/s1. The highest BCUT2D eigenvalue weighted by Crippen LogP contribution is 2.26. The summed E-state index contributed by atoms with van der Waals surface area (Å²) in [5.41, 5.74) is 0.0913. The average molecular weight is 215 g/mol. The normalized spacial score (nSPS) is 13.0. The van der Waals surface area contributed by atoms with Crippen LogP contribution in [0.2, 0.25) is 0 Å². The minimum Gasteiger partial charge on any atom is -0.480 e. The van der Waals surface area contributed by atoms with Crippen LogP contribution in [0.3, 0.4) is 0 Å². The quantitative estimate of drug-likeness (QED) is 0.759. The zero-order chi connectivity index (χ0) is 11.5. The molecule has 0 aromatic heterocycles. The van der Waals surface area contributed by atoms with Gasteiger partial charge in [0.1, 0.15) is 11.8 Å². The summed E-state index contributed by atoms with van der Waals surface area (Å²) in [5, 5.41) is 8.62. The number of para-hydroxylation sites is 1. The number of nitrogens with zero attached hydrogens (tertiary/aromatic N) is 1. The summed E-state index contributed by atoms with van der Waals surface area (Å²) >= 11 is 0. The molecule has 5 heteroatoms. The van der Waals surface area contributed by atoms with Gasteiger partial charge in [-0.2, -0.15) is 18.4 Å². The summed E-state index contributed by atoms with van der Waals surface area (Å²) in [6.45, 7) is 0.897. The van der Waals surface area contributed by atoms with Crippen molar-refractivity contribution >= 4 is 0 Å². The zero-order valence-corrected chi connectivity index (χ0v) is 7.88. The number of hydrogen-bond acceptors (Lipinski definition) is 2. The van der Waals surface area contributed by atoms with Crippen molar-refractivity contribution in [2.24, 2.45) is 0 Å². The van der Waals surface area contributed by atoms with E-state index in [1.54, 1.807) is 12.1 Å². The van der Waals surface area contributed by atoms with Crippen molar-refractivity contribution < 1.29 is 17.9 Å². The van der Waals surface area contributed by atoms with Gasteiger partial charge in [-0.05, 0) is 19.1 Å². The number of alkyl halides is 3. The predicted molar refractivity (Wildman–Crippen MR) is 47.3 cm³/mol. The second-order valence-electron chi connectivity index (χ2n) is 2.91. The number of ether oxygens (including phenoxy) is 1. The molecule has 15 heavy (non-hydrogen) atoms. The number of hydrogen-bond donors (Lipinski definition) is 0. The molecular formula is C10H8F3NO. The summed E-state index contributed by atoms with van der Waals surface area (Å²) in [5.74, 6) is -0.0511. The Labute approximate surface area is 84.9 Å². The molecule has 80 valence electrons. The first kappa shape index (κ1) is 11.4. The van der Waals surface area contributed by atoms with E-state index in [2.05, 4.69) is 4.74 Å². The molecule has 2 nitrogen and oxygen atoms in total. The van der Waals surface area contributed by atoms with Gasteiger partial charge in [0.25, 0.3) is 0 Å². The molecular weight excluding hydrogens is 207 g/mol. The van der Waals surface area contributed by atoms with Crippen LogP contribution in [0.5, 0.6) is 5.75 Å². The first-order chi connectivity index (χ1) is 6.95. The van der Waals surface area contributed by atoms with Gasteiger partial charge in [-0.15, -0.1) is 0 Å². The Bertz CT molecular complexity index is 381. The van der Waals surface area contributed by atoms with Crippen LogP contribution in [0.15, 0.2) is 24.3 Å². The van der Waals surface area contributed by atoms with Crippen LogP contribution in [0.25, 0.3) is 0 Å². The van der Waals surface area contributed by atoms with E-state index in [-0.39, 0.29) is 11.3 Å². The van der Waals surface area contributed by atoms with Crippen LogP contribution in [0, 0.1) is 11.3 Å². The molecule has 0 spiro atoms. The van der Waals surface area contributed by atoms with Gasteiger partial charge in [-0.3, -0.25) is 0 Å². The molecule has 0 heterocycles. The first-order valence-corrected chi connectivity index (χ1v) is 4.17. The van der Waals surface area contributed by atoms with Crippen LogP contribution < -0.4 is 4.74 Å². The van der Waals surface area contributed by atoms with Crippen LogP contribution in [0.4, 0.5) is 13.2 Å². The SMILES string of the molecule is C[C@@H](Oc1ccccc1C#N)C(F)(F)F. The number of halogens is 3. The monoisotopic (exact) mass is 215 g/mol. The Kier molecular flexibility index (Phi) is 3.20. The molecule has 0 aliphatic heterocycles. The molecule has 1 atom stereocenters. The minimum absolute atomic E-state index is 0.0511. The molecule has 0 amide bonds. The van der Waals surface area contributed by atoms with Crippen molar-refractivity contribution in [3.63, 3.8) is 0 Å². The van der Waals surface area contributed by atoms with Crippen LogP contribution >= 0.6 is 0 Å². The zero-order valence-electron chi connectivity index (χ0n) is 7.88. The Morgan fingerprint density at radius 1 is 1.33 bits per heavy atom. The molecule has 1 aromatic carbocycles. The summed E-state index contributed by atoms with van der Waals surface area (Å²) in [7, 11) is 0. The lowest BCUT2D eigenvalue weighted by Crippen LogP contribution is -2.31. The lowest BCUT2D eigenvalue weighted by atomic mass is 10.2. The molecule has 0 fully saturated rings. The van der Waals surface area contributed by atoms with Crippen LogP contribution in [-0.2, 0) is 0 Å². The highest BCUT2D eigenvalue weighted by Gasteiger charge is 2.38. The van der Waals surface area contributed by atoms with E-state index >= 15 is 0 Å². The molecule has 0 aliphatic rings. The Morgan fingerprint density at radius 2 is 1.93 bits per heavy atom. The van der Waals surface area contributed by atoms with Crippen molar-refractivity contribution in [2.75, 3.05) is 0 Å². The third-order valence-electron chi connectivity index (χ3n) is 1.77. The number of rotatable bonds is 2. The number of nitriles is 1. The van der Waals surface area contributed by atoms with Gasteiger partial charge in [0.2, 0.25) is 0 Å². The van der Waals surface area contributed by atoms with E-state index < -0.39 is 12.3 Å². The van der Waals surface area contributed by atoms with Crippen molar-refractivity contribution in [2.45, 2.75) is 19.2 Å². The van der Waals surface area contributed by atoms with Crippen molar-refractivity contribution in [3.05, 3.63) is 29.8 Å². The minimum atomic E-state index is -4.43. The first-order valence-electron chi connectivity index (χ1n) is 4.17. The molecule has 0 aliphatic carbocycles. The second-order valence-corrected chi connectivity index (χ2v) is 2.91. The Balaban J connectivity index is 2.86. The van der Waals surface area contributed by atoms with Gasteiger partial charge in [0.05, 0.1) is 5.56 Å². The maximum Gasteiger partial charge on any atom is 0.425 e. The lowest BCUT2D eigenvalue weighted by Gasteiger charge is -2.18. The molecule has 0 saturated heterocycles. The maximum atomic E-state index is 12.2. The summed E-state index contributed by atoms with van der Waals surface area (Å²) in [4.78, 5) is 0. The van der Waals surface area contributed by atoms with Crippen LogP contribution in [-0.4, -0.2) is 12.3 Å². The predicted octanol–water partition coefficient (Wildman–Crippen LogP) is 2.89. The summed E-state index contributed by atoms with van der Waals surface area (Å²) < 4.78 is 41.1. The maximum absolute atomic E-state index is 12.2. The van der Waals surface area contributed by atoms with E-state index in [0.29, 0.717) is 0 Å². The fraction of sp³-hybridized carbons (Fsp3) is 0.300. The fourth-order valence-corrected chi connectivity index (χ4v) is 0.919. The van der Waals surface area contributed by atoms with Gasteiger partial charge in [-0.1, -0.05) is 12.1 Å².